The van der Waals surface area contributed by atoms with Crippen molar-refractivity contribution < 1.29 is 4.39 Å². The number of halogens is 2. The first-order valence-electron chi connectivity index (χ1n) is 7.38. The van der Waals surface area contributed by atoms with Crippen LogP contribution in [0.4, 0.5) is 4.39 Å². The van der Waals surface area contributed by atoms with Gasteiger partial charge < -0.3 is 5.32 Å². The summed E-state index contributed by atoms with van der Waals surface area (Å²) >= 11 is 3.39. The smallest absolute Gasteiger partial charge is 0.124 e. The van der Waals surface area contributed by atoms with E-state index in [-0.39, 0.29) is 11.9 Å². The molecular formula is C16H23BrFN. The SMILES string of the molecule is CCCNC(CC1CCCC1)c1cc(F)cc(Br)c1. The van der Waals surface area contributed by atoms with E-state index in [0.717, 1.165) is 35.3 Å². The van der Waals surface area contributed by atoms with Crippen molar-refractivity contribution in [3.63, 3.8) is 0 Å². The van der Waals surface area contributed by atoms with E-state index in [4.69, 9.17) is 0 Å². The minimum absolute atomic E-state index is 0.154. The summed E-state index contributed by atoms with van der Waals surface area (Å²) in [7, 11) is 0. The van der Waals surface area contributed by atoms with E-state index in [1.54, 1.807) is 6.07 Å². The minimum Gasteiger partial charge on any atom is -0.310 e. The van der Waals surface area contributed by atoms with Gasteiger partial charge in [-0.1, -0.05) is 48.5 Å². The third-order valence-corrected chi connectivity index (χ3v) is 4.43. The molecule has 0 heterocycles. The standard InChI is InChI=1S/C16H23BrFN/c1-2-7-19-16(8-12-5-3-4-6-12)13-9-14(17)11-15(18)10-13/h9-12,16,19H,2-8H2,1H3. The highest BCUT2D eigenvalue weighted by Gasteiger charge is 2.21. The molecule has 0 bridgehead atoms. The van der Waals surface area contributed by atoms with Crippen molar-refractivity contribution in [2.45, 2.75) is 51.5 Å². The van der Waals surface area contributed by atoms with Crippen LogP contribution >= 0.6 is 15.9 Å². The lowest BCUT2D eigenvalue weighted by molar-refractivity contribution is 0.394. The molecule has 1 unspecified atom stereocenters. The van der Waals surface area contributed by atoms with Crippen molar-refractivity contribution in [2.75, 3.05) is 6.54 Å². The number of rotatable bonds is 6. The van der Waals surface area contributed by atoms with Crippen LogP contribution in [0, 0.1) is 11.7 Å². The lowest BCUT2D eigenvalue weighted by atomic mass is 9.93. The first kappa shape index (κ1) is 15.0. The van der Waals surface area contributed by atoms with E-state index in [1.165, 1.54) is 31.7 Å². The fourth-order valence-electron chi connectivity index (χ4n) is 3.01. The van der Waals surface area contributed by atoms with Gasteiger partial charge in [0.25, 0.3) is 0 Å². The Labute approximate surface area is 124 Å². The molecule has 1 fully saturated rings. The molecular weight excluding hydrogens is 305 g/mol. The zero-order valence-corrected chi connectivity index (χ0v) is 13.2. The molecule has 1 saturated carbocycles. The zero-order chi connectivity index (χ0) is 13.7. The molecule has 0 aliphatic heterocycles. The second-order valence-electron chi connectivity index (χ2n) is 5.60. The summed E-state index contributed by atoms with van der Waals surface area (Å²) in [5.74, 6) is 0.649. The first-order chi connectivity index (χ1) is 9.19. The van der Waals surface area contributed by atoms with Crippen LogP contribution in [0.3, 0.4) is 0 Å². The Kier molecular flexibility index (Phi) is 5.83. The Morgan fingerprint density at radius 1 is 1.32 bits per heavy atom. The van der Waals surface area contributed by atoms with Gasteiger partial charge >= 0.3 is 0 Å². The summed E-state index contributed by atoms with van der Waals surface area (Å²) < 4.78 is 14.4. The Hall–Kier alpha value is -0.410. The lowest BCUT2D eigenvalue weighted by Crippen LogP contribution is -2.24. The summed E-state index contributed by atoms with van der Waals surface area (Å²) in [5, 5.41) is 3.58. The van der Waals surface area contributed by atoms with Crippen LogP contribution in [0.25, 0.3) is 0 Å². The average molecular weight is 328 g/mol. The predicted molar refractivity (Wildman–Crippen MR) is 81.7 cm³/mol. The zero-order valence-electron chi connectivity index (χ0n) is 11.6. The quantitative estimate of drug-likeness (QED) is 0.756. The highest BCUT2D eigenvalue weighted by Crippen LogP contribution is 2.33. The summed E-state index contributed by atoms with van der Waals surface area (Å²) in [5.41, 5.74) is 1.08. The number of nitrogens with one attached hydrogen (secondary N) is 1. The molecule has 0 spiro atoms. The Balaban J connectivity index is 2.10. The van der Waals surface area contributed by atoms with Gasteiger partial charge in [0, 0.05) is 10.5 Å². The van der Waals surface area contributed by atoms with E-state index in [1.807, 2.05) is 6.07 Å². The molecule has 1 aliphatic rings. The summed E-state index contributed by atoms with van der Waals surface area (Å²) in [6, 6.07) is 5.53. The highest BCUT2D eigenvalue weighted by atomic mass is 79.9. The van der Waals surface area contributed by atoms with Crippen LogP contribution in [-0.2, 0) is 0 Å². The topological polar surface area (TPSA) is 12.0 Å². The van der Waals surface area contributed by atoms with Gasteiger partial charge in [0.05, 0.1) is 0 Å². The van der Waals surface area contributed by atoms with Crippen molar-refractivity contribution in [3.8, 4) is 0 Å². The van der Waals surface area contributed by atoms with Crippen LogP contribution in [0.5, 0.6) is 0 Å². The van der Waals surface area contributed by atoms with Crippen molar-refractivity contribution in [2.24, 2.45) is 5.92 Å². The summed E-state index contributed by atoms with van der Waals surface area (Å²) in [6.45, 7) is 3.16. The van der Waals surface area contributed by atoms with Crippen molar-refractivity contribution >= 4 is 15.9 Å². The van der Waals surface area contributed by atoms with E-state index in [9.17, 15) is 4.39 Å². The molecule has 1 N–H and O–H groups in total. The molecule has 106 valence electrons. The van der Waals surface area contributed by atoms with Gasteiger partial charge in [0.1, 0.15) is 5.82 Å². The molecule has 0 saturated heterocycles. The van der Waals surface area contributed by atoms with Gasteiger partial charge in [-0.25, -0.2) is 4.39 Å². The molecule has 3 heteroatoms. The Morgan fingerprint density at radius 2 is 2.05 bits per heavy atom. The molecule has 0 aromatic heterocycles. The van der Waals surface area contributed by atoms with Gasteiger partial charge in [0.15, 0.2) is 0 Å². The molecule has 1 aromatic carbocycles. The fraction of sp³-hybridized carbons (Fsp3) is 0.625. The van der Waals surface area contributed by atoms with Gasteiger partial charge in [-0.15, -0.1) is 0 Å². The van der Waals surface area contributed by atoms with E-state index >= 15 is 0 Å². The monoisotopic (exact) mass is 327 g/mol. The molecule has 1 aliphatic carbocycles. The normalized spacial score (nSPS) is 17.8. The first-order valence-corrected chi connectivity index (χ1v) is 8.17. The van der Waals surface area contributed by atoms with Gasteiger partial charge in [-0.2, -0.15) is 0 Å². The highest BCUT2D eigenvalue weighted by molar-refractivity contribution is 9.10. The Morgan fingerprint density at radius 3 is 2.68 bits per heavy atom. The molecule has 1 aromatic rings. The second kappa shape index (κ2) is 7.39. The van der Waals surface area contributed by atoms with Crippen molar-refractivity contribution in [3.05, 3.63) is 34.1 Å². The van der Waals surface area contributed by atoms with E-state index in [0.29, 0.717) is 0 Å². The van der Waals surface area contributed by atoms with Crippen LogP contribution in [0.1, 0.15) is 57.1 Å². The van der Waals surface area contributed by atoms with Crippen molar-refractivity contribution in [1.29, 1.82) is 0 Å². The van der Waals surface area contributed by atoms with Crippen LogP contribution in [0.2, 0.25) is 0 Å². The minimum atomic E-state index is -0.154. The maximum Gasteiger partial charge on any atom is 0.124 e. The fourth-order valence-corrected chi connectivity index (χ4v) is 3.49. The van der Waals surface area contributed by atoms with E-state index in [2.05, 4.69) is 28.2 Å². The third kappa shape index (κ3) is 4.57. The molecule has 19 heavy (non-hydrogen) atoms. The molecule has 0 amide bonds. The Bertz CT molecular complexity index is 381. The van der Waals surface area contributed by atoms with Crippen LogP contribution in [0.15, 0.2) is 22.7 Å². The van der Waals surface area contributed by atoms with Crippen molar-refractivity contribution in [1.82, 2.24) is 5.32 Å². The van der Waals surface area contributed by atoms with Crippen LogP contribution < -0.4 is 5.32 Å². The third-order valence-electron chi connectivity index (χ3n) is 3.97. The maximum atomic E-state index is 13.6. The average Bonchev–Trinajstić information content (AvgIpc) is 2.86. The van der Waals surface area contributed by atoms with Crippen LogP contribution in [-0.4, -0.2) is 6.54 Å². The lowest BCUT2D eigenvalue weighted by Gasteiger charge is -2.22. The maximum absolute atomic E-state index is 13.6. The van der Waals surface area contributed by atoms with E-state index < -0.39 is 0 Å². The molecule has 0 radical (unpaired) electrons. The second-order valence-corrected chi connectivity index (χ2v) is 6.51. The van der Waals surface area contributed by atoms with Gasteiger partial charge in [0.2, 0.25) is 0 Å². The number of benzene rings is 1. The summed E-state index contributed by atoms with van der Waals surface area (Å²) in [6.07, 6.45) is 7.63. The summed E-state index contributed by atoms with van der Waals surface area (Å²) in [4.78, 5) is 0. The largest absolute Gasteiger partial charge is 0.310 e. The number of hydrogen-bond acceptors (Lipinski definition) is 1. The molecule has 1 atom stereocenters. The molecule has 1 nitrogen and oxygen atoms in total. The number of hydrogen-bond donors (Lipinski definition) is 1. The molecule has 2 rings (SSSR count). The van der Waals surface area contributed by atoms with Gasteiger partial charge in [-0.05, 0) is 49.1 Å². The van der Waals surface area contributed by atoms with Gasteiger partial charge in [-0.3, -0.25) is 0 Å². The predicted octanol–water partition coefficient (Wildman–Crippen LogP) is 5.21.